The van der Waals surface area contributed by atoms with Crippen LogP contribution >= 0.6 is 0 Å². The van der Waals surface area contributed by atoms with Crippen LogP contribution in [0, 0.1) is 46.3 Å². The van der Waals surface area contributed by atoms with Gasteiger partial charge in [-0.2, -0.15) is 0 Å². The van der Waals surface area contributed by atoms with E-state index in [1.807, 2.05) is 0 Å². The molecule has 5 aliphatic rings. The third-order valence-electron chi connectivity index (χ3n) is 13.0. The van der Waals surface area contributed by atoms with Crippen LogP contribution < -0.4 is 0 Å². The second kappa shape index (κ2) is 11.1. The molecule has 1 saturated heterocycles. The minimum Gasteiger partial charge on any atom is -0.391 e. The highest BCUT2D eigenvalue weighted by molar-refractivity contribution is 5.16. The van der Waals surface area contributed by atoms with Gasteiger partial charge in [-0.3, -0.25) is 0 Å². The first-order valence-electron chi connectivity index (χ1n) is 16.4. The predicted octanol–water partition coefficient (Wildman–Crippen LogP) is 5.44. The third kappa shape index (κ3) is 4.95. The molecule has 4 N–H and O–H groups in total. The topological polar surface area (TPSA) is 99.4 Å². The largest absolute Gasteiger partial charge is 0.391 e. The van der Waals surface area contributed by atoms with Crippen LogP contribution in [0.15, 0.2) is 0 Å². The van der Waals surface area contributed by atoms with Gasteiger partial charge in [0.25, 0.3) is 0 Å². The number of hydrogen-bond acceptors (Lipinski definition) is 6. The van der Waals surface area contributed by atoms with E-state index < -0.39 is 42.4 Å². The van der Waals surface area contributed by atoms with Gasteiger partial charge < -0.3 is 29.9 Å². The fraction of sp³-hybridized carbons (Fsp3) is 1.00. The highest BCUT2D eigenvalue weighted by atomic mass is 16.7. The Balaban J connectivity index is 1.30. The number of aliphatic hydroxyl groups is 4. The number of rotatable bonds is 8. The molecular weight excluding hydrogens is 492 g/mol. The summed E-state index contributed by atoms with van der Waals surface area (Å²) in [4.78, 5) is 0. The molecular formula is C33H58O6. The molecule has 0 spiro atoms. The summed E-state index contributed by atoms with van der Waals surface area (Å²) in [7, 11) is 0. The Morgan fingerprint density at radius 3 is 2.28 bits per heavy atom. The minimum absolute atomic E-state index is 0.229. The second-order valence-electron chi connectivity index (χ2n) is 15.5. The number of hydrogen-bond donors (Lipinski definition) is 4. The molecule has 0 aromatic heterocycles. The molecule has 39 heavy (non-hydrogen) atoms. The van der Waals surface area contributed by atoms with E-state index in [0.29, 0.717) is 17.3 Å². The van der Waals surface area contributed by atoms with Crippen molar-refractivity contribution in [2.45, 2.75) is 161 Å². The SMILES string of the molecule is CC(C)CCC[C@@H](C)[C@H]1CC[C@H]2[C@@H]3CC[C@@]4(O)[C@@H](O[C@@H]5O[C@@H]([C@@H](C)O)[C@H](O)[C@H]5O)CCC[C@]4(C)[C@H]3CC[C@]12C. The highest BCUT2D eigenvalue weighted by Gasteiger charge is 2.67. The van der Waals surface area contributed by atoms with Crippen LogP contribution in [0.5, 0.6) is 0 Å². The molecule has 1 heterocycles. The number of aliphatic hydroxyl groups excluding tert-OH is 3. The summed E-state index contributed by atoms with van der Waals surface area (Å²) >= 11 is 0. The van der Waals surface area contributed by atoms with Crippen molar-refractivity contribution in [1.82, 2.24) is 0 Å². The lowest BCUT2D eigenvalue weighted by Crippen LogP contribution is -2.67. The number of ether oxygens (including phenoxy) is 2. The van der Waals surface area contributed by atoms with Crippen LogP contribution in [0.4, 0.5) is 0 Å². The lowest BCUT2D eigenvalue weighted by molar-refractivity contribution is -0.296. The molecule has 6 nitrogen and oxygen atoms in total. The summed E-state index contributed by atoms with van der Waals surface area (Å²) in [6.45, 7) is 13.7. The van der Waals surface area contributed by atoms with E-state index in [1.54, 1.807) is 6.92 Å². The molecule has 0 radical (unpaired) electrons. The Morgan fingerprint density at radius 2 is 1.62 bits per heavy atom. The smallest absolute Gasteiger partial charge is 0.187 e. The molecule has 0 amide bonds. The van der Waals surface area contributed by atoms with Gasteiger partial charge in [0, 0.05) is 5.41 Å². The van der Waals surface area contributed by atoms with Gasteiger partial charge in [-0.05, 0) is 99.2 Å². The fourth-order valence-corrected chi connectivity index (χ4v) is 10.8. The van der Waals surface area contributed by atoms with E-state index in [-0.39, 0.29) is 5.41 Å². The minimum atomic E-state index is -1.23. The van der Waals surface area contributed by atoms with Crippen molar-refractivity contribution < 1.29 is 29.9 Å². The summed E-state index contributed by atoms with van der Waals surface area (Å²) in [5, 5.41) is 43.5. The van der Waals surface area contributed by atoms with Crippen LogP contribution in [0.2, 0.25) is 0 Å². The zero-order valence-electron chi connectivity index (χ0n) is 25.5. The van der Waals surface area contributed by atoms with Crippen molar-refractivity contribution in [1.29, 1.82) is 0 Å². The Hall–Kier alpha value is -0.240. The summed E-state index contributed by atoms with van der Waals surface area (Å²) in [5.74, 6) is 4.30. The first-order valence-corrected chi connectivity index (χ1v) is 16.4. The van der Waals surface area contributed by atoms with Crippen molar-refractivity contribution in [2.75, 3.05) is 0 Å². The maximum Gasteiger partial charge on any atom is 0.187 e. The van der Waals surface area contributed by atoms with E-state index >= 15 is 0 Å². The summed E-state index contributed by atoms with van der Waals surface area (Å²) in [6.07, 6.45) is 7.98. The standard InChI is InChI=1S/C33H58O6/c1-19(2)9-7-10-20(3)23-12-13-24-22-14-18-33(37)26(38-30-28(36)27(35)29(39-30)21(4)34)11-8-16-32(33,6)25(22)15-17-31(23,24)5/h19-30,34-37H,7-18H2,1-6H3/t20-,21-,22+,23-,24+,25+,26+,27-,28-,29+,30-,31-,32-,33-/m1/s1. The van der Waals surface area contributed by atoms with Crippen molar-refractivity contribution >= 4 is 0 Å². The summed E-state index contributed by atoms with van der Waals surface area (Å²) in [6, 6.07) is 0. The Morgan fingerprint density at radius 1 is 0.872 bits per heavy atom. The maximum atomic E-state index is 12.4. The van der Waals surface area contributed by atoms with Gasteiger partial charge in [0.05, 0.1) is 17.8 Å². The lowest BCUT2D eigenvalue weighted by atomic mass is 9.42. The fourth-order valence-electron chi connectivity index (χ4n) is 10.8. The van der Waals surface area contributed by atoms with Crippen LogP contribution in [-0.4, -0.2) is 62.8 Å². The summed E-state index contributed by atoms with van der Waals surface area (Å²) < 4.78 is 12.1. The Bertz CT molecular complexity index is 848. The van der Waals surface area contributed by atoms with Gasteiger partial charge >= 0.3 is 0 Å². The van der Waals surface area contributed by atoms with E-state index in [4.69, 9.17) is 9.47 Å². The van der Waals surface area contributed by atoms with Gasteiger partial charge in [-0.25, -0.2) is 0 Å². The predicted molar refractivity (Wildman–Crippen MR) is 152 cm³/mol. The average Bonchev–Trinajstić information content (AvgIpc) is 3.36. The second-order valence-corrected chi connectivity index (χ2v) is 15.5. The molecule has 1 aliphatic heterocycles. The summed E-state index contributed by atoms with van der Waals surface area (Å²) in [5.41, 5.74) is -0.783. The van der Waals surface area contributed by atoms with Crippen molar-refractivity contribution in [3.05, 3.63) is 0 Å². The number of fused-ring (bicyclic) bond motifs is 5. The van der Waals surface area contributed by atoms with Gasteiger partial charge in [0.1, 0.15) is 18.3 Å². The van der Waals surface area contributed by atoms with Crippen LogP contribution in [0.3, 0.4) is 0 Å². The maximum absolute atomic E-state index is 12.4. The van der Waals surface area contributed by atoms with Gasteiger partial charge in [-0.15, -0.1) is 0 Å². The highest BCUT2D eigenvalue weighted by Crippen LogP contribution is 2.69. The molecule has 5 rings (SSSR count). The molecule has 6 heteroatoms. The normalized spacial score (nSPS) is 51.3. The van der Waals surface area contributed by atoms with E-state index in [2.05, 4.69) is 34.6 Å². The lowest BCUT2D eigenvalue weighted by Gasteiger charge is -2.65. The van der Waals surface area contributed by atoms with Crippen molar-refractivity contribution in [2.24, 2.45) is 46.3 Å². The molecule has 0 aromatic carbocycles. The molecule has 4 aliphatic carbocycles. The third-order valence-corrected chi connectivity index (χ3v) is 13.0. The van der Waals surface area contributed by atoms with E-state index in [0.717, 1.165) is 55.8 Å². The Labute approximate surface area is 237 Å². The van der Waals surface area contributed by atoms with E-state index in [9.17, 15) is 20.4 Å². The Kier molecular flexibility index (Phi) is 8.61. The quantitative estimate of drug-likeness (QED) is 0.321. The van der Waals surface area contributed by atoms with Crippen molar-refractivity contribution in [3.63, 3.8) is 0 Å². The molecule has 0 unspecified atom stereocenters. The van der Waals surface area contributed by atoms with Gasteiger partial charge in [0.2, 0.25) is 0 Å². The average molecular weight is 551 g/mol. The van der Waals surface area contributed by atoms with Crippen LogP contribution in [0.25, 0.3) is 0 Å². The zero-order chi connectivity index (χ0) is 28.3. The van der Waals surface area contributed by atoms with Gasteiger partial charge in [0.15, 0.2) is 6.29 Å². The molecule has 5 fully saturated rings. The molecule has 0 bridgehead atoms. The first kappa shape index (κ1) is 30.2. The van der Waals surface area contributed by atoms with Crippen LogP contribution in [-0.2, 0) is 9.47 Å². The molecule has 4 saturated carbocycles. The first-order chi connectivity index (χ1) is 18.3. The molecule has 0 aromatic rings. The monoisotopic (exact) mass is 550 g/mol. The van der Waals surface area contributed by atoms with Gasteiger partial charge in [-0.1, -0.05) is 60.3 Å². The van der Waals surface area contributed by atoms with Crippen molar-refractivity contribution in [3.8, 4) is 0 Å². The van der Waals surface area contributed by atoms with E-state index in [1.165, 1.54) is 44.9 Å². The zero-order valence-corrected chi connectivity index (χ0v) is 25.5. The molecule has 14 atom stereocenters. The van der Waals surface area contributed by atoms with Crippen LogP contribution in [0.1, 0.15) is 119 Å². The molecule has 226 valence electrons.